The zero-order valence-electron chi connectivity index (χ0n) is 17.4. The Kier molecular flexibility index (Phi) is 5.34. The second-order valence-corrected chi connectivity index (χ2v) is 11.3. The maximum absolute atomic E-state index is 13.1. The number of nitrogens with one attached hydrogen (secondary N) is 2. The first-order valence-corrected chi connectivity index (χ1v) is 11.7. The van der Waals surface area contributed by atoms with E-state index in [0.29, 0.717) is 28.6 Å². The first-order chi connectivity index (χ1) is 13.3. The fourth-order valence-electron chi connectivity index (χ4n) is 3.45. The predicted octanol–water partition coefficient (Wildman–Crippen LogP) is 1.80. The largest absolute Gasteiger partial charge is 0.329 e. The zero-order valence-corrected chi connectivity index (χ0v) is 19.0. The minimum atomic E-state index is -3.86. The molecule has 2 N–H and O–H groups in total. The summed E-state index contributed by atoms with van der Waals surface area (Å²) < 4.78 is 27.9. The topological polar surface area (TPSA) is 108 Å². The predicted molar refractivity (Wildman–Crippen MR) is 113 cm³/mol. The molecule has 0 saturated carbocycles. The van der Waals surface area contributed by atoms with Crippen molar-refractivity contribution in [2.45, 2.75) is 57.1 Å². The van der Waals surface area contributed by atoms with Crippen LogP contribution in [0, 0.1) is 0 Å². The van der Waals surface area contributed by atoms with Crippen molar-refractivity contribution in [1.29, 1.82) is 0 Å². The number of amidine groups is 1. The lowest BCUT2D eigenvalue weighted by Gasteiger charge is -2.31. The SMILES string of the molecule is CNS(=O)(=O)c1cc(C2(C)CSC(NC(C)=O)=N2)cc2c1C(=O)N(C(C)(C)C)C2. The fraction of sp³-hybridized carbons (Fsp3) is 0.526. The highest BCUT2D eigenvalue weighted by atomic mass is 32.2. The molecule has 2 aliphatic heterocycles. The van der Waals surface area contributed by atoms with Crippen molar-refractivity contribution >= 4 is 38.8 Å². The lowest BCUT2D eigenvalue weighted by atomic mass is 9.92. The van der Waals surface area contributed by atoms with Gasteiger partial charge in [-0.1, -0.05) is 17.8 Å². The summed E-state index contributed by atoms with van der Waals surface area (Å²) in [5.74, 6) is 0.0535. The maximum Gasteiger partial charge on any atom is 0.256 e. The third-order valence-corrected chi connectivity index (χ3v) is 7.69. The Morgan fingerprint density at radius 2 is 1.97 bits per heavy atom. The molecule has 1 atom stereocenters. The Labute approximate surface area is 175 Å². The van der Waals surface area contributed by atoms with Crippen LogP contribution in [0.25, 0.3) is 0 Å². The second-order valence-electron chi connectivity index (χ2n) is 8.44. The number of aliphatic imine (C=N–C) groups is 1. The van der Waals surface area contributed by atoms with Gasteiger partial charge in [0.15, 0.2) is 5.17 Å². The van der Waals surface area contributed by atoms with Crippen molar-refractivity contribution in [3.8, 4) is 0 Å². The summed E-state index contributed by atoms with van der Waals surface area (Å²) in [4.78, 5) is 30.7. The summed E-state index contributed by atoms with van der Waals surface area (Å²) in [6.45, 7) is 9.40. The molecule has 1 unspecified atom stereocenters. The summed E-state index contributed by atoms with van der Waals surface area (Å²) in [6.07, 6.45) is 0. The van der Waals surface area contributed by atoms with Gasteiger partial charge in [-0.2, -0.15) is 0 Å². The van der Waals surface area contributed by atoms with Gasteiger partial charge >= 0.3 is 0 Å². The molecule has 2 amide bonds. The number of hydrogen-bond donors (Lipinski definition) is 2. The second kappa shape index (κ2) is 7.10. The Morgan fingerprint density at radius 3 is 2.52 bits per heavy atom. The highest BCUT2D eigenvalue weighted by molar-refractivity contribution is 8.14. The zero-order chi connectivity index (χ0) is 21.8. The van der Waals surface area contributed by atoms with Crippen LogP contribution in [-0.2, 0) is 26.9 Å². The van der Waals surface area contributed by atoms with Crippen LogP contribution < -0.4 is 10.0 Å². The Morgan fingerprint density at radius 1 is 1.31 bits per heavy atom. The van der Waals surface area contributed by atoms with E-state index < -0.39 is 21.1 Å². The number of nitrogens with zero attached hydrogens (tertiary/aromatic N) is 2. The Bertz CT molecular complexity index is 1030. The van der Waals surface area contributed by atoms with E-state index in [1.165, 1.54) is 31.8 Å². The molecule has 0 radical (unpaired) electrons. The standard InChI is InChI=1S/C19H26N4O4S2/c1-11(24)21-17-22-19(5,10-28-17)13-7-12-9-23(18(2,3)4)16(25)15(12)14(8-13)29(26,27)20-6/h7-8,20H,9-10H2,1-6H3,(H,21,22,24). The van der Waals surface area contributed by atoms with Gasteiger partial charge in [-0.05, 0) is 51.9 Å². The quantitative estimate of drug-likeness (QED) is 0.748. The first-order valence-electron chi connectivity index (χ1n) is 9.22. The minimum absolute atomic E-state index is 0.0290. The molecule has 0 saturated heterocycles. The molecule has 158 valence electrons. The molecule has 1 aromatic rings. The molecule has 10 heteroatoms. The fourth-order valence-corrected chi connectivity index (χ4v) is 5.57. The van der Waals surface area contributed by atoms with E-state index in [-0.39, 0.29) is 22.3 Å². The van der Waals surface area contributed by atoms with Gasteiger partial charge in [0, 0.05) is 24.8 Å². The van der Waals surface area contributed by atoms with Gasteiger partial charge in [-0.25, -0.2) is 13.1 Å². The number of rotatable bonds is 3. The van der Waals surface area contributed by atoms with E-state index in [9.17, 15) is 18.0 Å². The van der Waals surface area contributed by atoms with Gasteiger partial charge in [0.05, 0.1) is 16.0 Å². The number of amides is 2. The van der Waals surface area contributed by atoms with Gasteiger partial charge in [0.25, 0.3) is 5.91 Å². The average molecular weight is 439 g/mol. The van der Waals surface area contributed by atoms with E-state index in [2.05, 4.69) is 15.0 Å². The molecule has 0 bridgehead atoms. The molecule has 0 fully saturated rings. The normalized spacial score (nSPS) is 21.9. The number of carbonyl (C=O) groups is 2. The molecule has 0 spiro atoms. The van der Waals surface area contributed by atoms with Crippen molar-refractivity contribution in [1.82, 2.24) is 14.9 Å². The summed E-state index contributed by atoms with van der Waals surface area (Å²) in [5.41, 5.74) is 0.430. The molecular formula is C19H26N4O4S2. The van der Waals surface area contributed by atoms with Crippen LogP contribution in [-0.4, -0.2) is 48.6 Å². The van der Waals surface area contributed by atoms with Crippen molar-refractivity contribution < 1.29 is 18.0 Å². The first kappa shape index (κ1) is 21.8. The van der Waals surface area contributed by atoms with Gasteiger partial charge in [-0.3, -0.25) is 14.6 Å². The molecule has 1 aromatic carbocycles. The molecule has 3 rings (SSSR count). The van der Waals surface area contributed by atoms with Gasteiger partial charge in [-0.15, -0.1) is 0 Å². The molecular weight excluding hydrogens is 412 g/mol. The summed E-state index contributed by atoms with van der Waals surface area (Å²) in [5, 5.41) is 3.20. The third-order valence-electron chi connectivity index (χ3n) is 5.08. The average Bonchev–Trinajstić information content (AvgIpc) is 3.14. The van der Waals surface area contributed by atoms with Crippen molar-refractivity contribution in [2.75, 3.05) is 12.8 Å². The number of carbonyl (C=O) groups excluding carboxylic acids is 2. The number of fused-ring (bicyclic) bond motifs is 1. The highest BCUT2D eigenvalue weighted by Gasteiger charge is 2.41. The van der Waals surface area contributed by atoms with Crippen LogP contribution in [0.15, 0.2) is 22.0 Å². The number of thioether (sulfide) groups is 1. The number of sulfonamides is 1. The van der Waals surface area contributed by atoms with E-state index in [1.807, 2.05) is 33.8 Å². The van der Waals surface area contributed by atoms with Crippen LogP contribution in [0.2, 0.25) is 0 Å². The molecule has 0 aromatic heterocycles. The van der Waals surface area contributed by atoms with E-state index in [4.69, 9.17) is 0 Å². The van der Waals surface area contributed by atoms with Crippen LogP contribution >= 0.6 is 11.8 Å². The van der Waals surface area contributed by atoms with Crippen molar-refractivity contribution in [3.63, 3.8) is 0 Å². The number of benzene rings is 1. The van der Waals surface area contributed by atoms with Crippen LogP contribution in [0.5, 0.6) is 0 Å². The molecule has 0 aliphatic carbocycles. The van der Waals surface area contributed by atoms with Gasteiger partial charge < -0.3 is 10.2 Å². The van der Waals surface area contributed by atoms with Crippen LogP contribution in [0.4, 0.5) is 0 Å². The molecule has 2 heterocycles. The highest BCUT2D eigenvalue weighted by Crippen LogP contribution is 2.41. The molecule has 29 heavy (non-hydrogen) atoms. The maximum atomic E-state index is 13.1. The van der Waals surface area contributed by atoms with Crippen LogP contribution in [0.3, 0.4) is 0 Å². The van der Waals surface area contributed by atoms with Gasteiger partial charge in [0.2, 0.25) is 15.9 Å². The lowest BCUT2D eigenvalue weighted by molar-refractivity contribution is -0.117. The van der Waals surface area contributed by atoms with E-state index in [1.54, 1.807) is 4.90 Å². The Hall–Kier alpha value is -1.91. The van der Waals surface area contributed by atoms with Gasteiger partial charge in [0.1, 0.15) is 0 Å². The Balaban J connectivity index is 2.17. The van der Waals surface area contributed by atoms with Crippen molar-refractivity contribution in [2.24, 2.45) is 4.99 Å². The number of hydrogen-bond acceptors (Lipinski definition) is 6. The van der Waals surface area contributed by atoms with E-state index >= 15 is 0 Å². The third kappa shape index (κ3) is 3.93. The minimum Gasteiger partial charge on any atom is -0.329 e. The smallest absolute Gasteiger partial charge is 0.256 e. The molecule has 8 nitrogen and oxygen atoms in total. The lowest BCUT2D eigenvalue weighted by Crippen LogP contribution is -2.41. The van der Waals surface area contributed by atoms with Crippen LogP contribution in [0.1, 0.15) is 56.1 Å². The van der Waals surface area contributed by atoms with E-state index in [0.717, 1.165) is 0 Å². The monoisotopic (exact) mass is 438 g/mol. The summed E-state index contributed by atoms with van der Waals surface area (Å²) >= 11 is 1.41. The molecule has 2 aliphatic rings. The summed E-state index contributed by atoms with van der Waals surface area (Å²) in [6, 6.07) is 3.41. The van der Waals surface area contributed by atoms with Crippen molar-refractivity contribution in [3.05, 3.63) is 28.8 Å². The summed E-state index contributed by atoms with van der Waals surface area (Å²) in [7, 11) is -2.53.